The van der Waals surface area contributed by atoms with Gasteiger partial charge in [0.25, 0.3) is 0 Å². The third kappa shape index (κ3) is 4.72. The Labute approximate surface area is 125 Å². The van der Waals surface area contributed by atoms with Gasteiger partial charge in [0.2, 0.25) is 0 Å². The van der Waals surface area contributed by atoms with Crippen LogP contribution in [0.15, 0.2) is 17.6 Å². The van der Waals surface area contributed by atoms with Crippen molar-refractivity contribution in [3.05, 3.63) is 18.0 Å². The summed E-state index contributed by atoms with van der Waals surface area (Å²) < 4.78 is 0. The molecule has 0 aromatic carbocycles. The summed E-state index contributed by atoms with van der Waals surface area (Å²) in [4.78, 5) is 8.60. The van der Waals surface area contributed by atoms with Gasteiger partial charge in [0, 0.05) is 29.7 Å². The fourth-order valence-corrected chi connectivity index (χ4v) is 3.00. The van der Waals surface area contributed by atoms with Crippen molar-refractivity contribution in [1.29, 1.82) is 0 Å². The molecule has 1 heterocycles. The van der Waals surface area contributed by atoms with E-state index in [2.05, 4.69) is 22.2 Å². The Morgan fingerprint density at radius 2 is 2.10 bits per heavy atom. The molecule has 112 valence electrons. The molecule has 4 nitrogen and oxygen atoms in total. The van der Waals surface area contributed by atoms with Crippen molar-refractivity contribution in [3.63, 3.8) is 0 Å². The molecule has 0 saturated heterocycles. The molecule has 1 aromatic rings. The molecule has 1 atom stereocenters. The van der Waals surface area contributed by atoms with Crippen LogP contribution in [0.3, 0.4) is 0 Å². The highest BCUT2D eigenvalue weighted by Crippen LogP contribution is 2.27. The van der Waals surface area contributed by atoms with Gasteiger partial charge >= 0.3 is 0 Å². The third-order valence-corrected chi connectivity index (χ3v) is 4.82. The maximum Gasteiger partial charge on any atom is 0.187 e. The van der Waals surface area contributed by atoms with Crippen molar-refractivity contribution in [2.75, 3.05) is 12.4 Å². The van der Waals surface area contributed by atoms with Crippen LogP contribution >= 0.6 is 11.8 Å². The number of aliphatic hydroxyl groups excluding tert-OH is 1. The first kappa shape index (κ1) is 15.7. The van der Waals surface area contributed by atoms with Gasteiger partial charge < -0.3 is 10.4 Å². The number of aliphatic hydroxyl groups is 1. The molecular weight excluding hydrogens is 270 g/mol. The number of nitrogens with zero attached hydrogens (tertiary/aromatic N) is 2. The summed E-state index contributed by atoms with van der Waals surface area (Å²) >= 11 is 1.69. The van der Waals surface area contributed by atoms with E-state index in [1.54, 1.807) is 11.8 Å². The lowest BCUT2D eigenvalue weighted by molar-refractivity contribution is 0.144. The highest BCUT2D eigenvalue weighted by Gasteiger charge is 2.33. The smallest absolute Gasteiger partial charge is 0.187 e. The van der Waals surface area contributed by atoms with Gasteiger partial charge in [-0.3, -0.25) is 0 Å². The number of nitrogens with one attached hydrogen (secondary N) is 1. The zero-order valence-electron chi connectivity index (χ0n) is 12.4. The molecule has 1 fully saturated rings. The number of hydrogen-bond acceptors (Lipinski definition) is 5. The zero-order valence-corrected chi connectivity index (χ0v) is 13.2. The summed E-state index contributed by atoms with van der Waals surface area (Å²) in [6.45, 7) is 4.38. The van der Waals surface area contributed by atoms with Gasteiger partial charge in [-0.25, -0.2) is 9.97 Å². The minimum absolute atomic E-state index is 0.0874. The molecule has 5 heteroatoms. The Hall–Kier alpha value is -0.650. The summed E-state index contributed by atoms with van der Waals surface area (Å²) in [6, 6.07) is 0.634. The average molecular weight is 295 g/mol. The van der Waals surface area contributed by atoms with E-state index in [1.165, 1.54) is 12.8 Å². The van der Waals surface area contributed by atoms with Crippen LogP contribution in [0.1, 0.15) is 44.6 Å². The predicted octanol–water partition coefficient (Wildman–Crippen LogP) is 2.55. The second-order valence-electron chi connectivity index (χ2n) is 5.71. The van der Waals surface area contributed by atoms with E-state index in [0.717, 1.165) is 35.7 Å². The third-order valence-electron chi connectivity index (χ3n) is 3.86. The van der Waals surface area contributed by atoms with Crippen LogP contribution in [0.5, 0.6) is 0 Å². The molecule has 0 bridgehead atoms. The largest absolute Gasteiger partial charge is 0.394 e. The number of hydrogen-bond donors (Lipinski definition) is 2. The minimum atomic E-state index is -0.0874. The van der Waals surface area contributed by atoms with Crippen LogP contribution in [0.25, 0.3) is 0 Å². The van der Waals surface area contributed by atoms with Crippen LogP contribution < -0.4 is 5.32 Å². The van der Waals surface area contributed by atoms with Gasteiger partial charge in [-0.05, 0) is 44.6 Å². The Morgan fingerprint density at radius 3 is 2.65 bits per heavy atom. The highest BCUT2D eigenvalue weighted by atomic mass is 32.2. The van der Waals surface area contributed by atoms with E-state index in [9.17, 15) is 5.11 Å². The number of thioether (sulfide) groups is 1. The van der Waals surface area contributed by atoms with Gasteiger partial charge in [0.1, 0.15) is 0 Å². The van der Waals surface area contributed by atoms with Crippen molar-refractivity contribution < 1.29 is 5.11 Å². The molecule has 1 saturated carbocycles. The van der Waals surface area contributed by atoms with E-state index >= 15 is 0 Å². The van der Waals surface area contributed by atoms with Crippen LogP contribution in [0.2, 0.25) is 0 Å². The standard InChI is InChI=1S/C15H25N3OS/c1-3-15(11-19,18-13-5-6-13)7-4-8-20-14-16-9-12(2)10-17-14/h9-10,13,18-19H,3-8,11H2,1-2H3. The molecule has 1 aliphatic carbocycles. The van der Waals surface area contributed by atoms with Gasteiger partial charge in [-0.15, -0.1) is 0 Å². The molecule has 1 unspecified atom stereocenters. The first-order valence-electron chi connectivity index (χ1n) is 7.47. The van der Waals surface area contributed by atoms with Gasteiger partial charge in [0.05, 0.1) is 6.61 Å². The second-order valence-corrected chi connectivity index (χ2v) is 6.77. The van der Waals surface area contributed by atoms with Gasteiger partial charge in [-0.2, -0.15) is 0 Å². The Kier molecular flexibility index (Phi) is 5.81. The van der Waals surface area contributed by atoms with Gasteiger partial charge in [0.15, 0.2) is 5.16 Å². The van der Waals surface area contributed by atoms with E-state index < -0.39 is 0 Å². The molecule has 0 amide bonds. The molecule has 1 aromatic heterocycles. The average Bonchev–Trinajstić information content (AvgIpc) is 3.28. The van der Waals surface area contributed by atoms with Crippen LogP contribution in [0.4, 0.5) is 0 Å². The molecule has 2 rings (SSSR count). The minimum Gasteiger partial charge on any atom is -0.394 e. The maximum absolute atomic E-state index is 9.71. The number of aromatic nitrogens is 2. The predicted molar refractivity (Wildman–Crippen MR) is 83.0 cm³/mol. The fraction of sp³-hybridized carbons (Fsp3) is 0.733. The van der Waals surface area contributed by atoms with Gasteiger partial charge in [-0.1, -0.05) is 18.7 Å². The number of rotatable bonds is 9. The van der Waals surface area contributed by atoms with E-state index in [1.807, 2.05) is 19.3 Å². The SMILES string of the molecule is CCC(CO)(CCCSc1ncc(C)cn1)NC1CC1. The van der Waals surface area contributed by atoms with Crippen molar-refractivity contribution >= 4 is 11.8 Å². The van der Waals surface area contributed by atoms with E-state index in [4.69, 9.17) is 0 Å². The lowest BCUT2D eigenvalue weighted by Crippen LogP contribution is -2.49. The highest BCUT2D eigenvalue weighted by molar-refractivity contribution is 7.99. The van der Waals surface area contributed by atoms with Crippen molar-refractivity contribution in [2.24, 2.45) is 0 Å². The summed E-state index contributed by atoms with van der Waals surface area (Å²) in [5.74, 6) is 0.997. The molecule has 0 radical (unpaired) electrons. The quantitative estimate of drug-likeness (QED) is 0.416. The first-order valence-corrected chi connectivity index (χ1v) is 8.46. The zero-order chi connectivity index (χ0) is 14.4. The Balaban J connectivity index is 1.73. The normalized spacial score (nSPS) is 17.9. The monoisotopic (exact) mass is 295 g/mol. The van der Waals surface area contributed by atoms with Crippen molar-refractivity contribution in [3.8, 4) is 0 Å². The van der Waals surface area contributed by atoms with E-state index in [-0.39, 0.29) is 12.1 Å². The van der Waals surface area contributed by atoms with Crippen LogP contribution in [-0.4, -0.2) is 39.0 Å². The molecule has 20 heavy (non-hydrogen) atoms. The molecular formula is C15H25N3OS. The van der Waals surface area contributed by atoms with Crippen molar-refractivity contribution in [2.45, 2.75) is 62.7 Å². The van der Waals surface area contributed by atoms with Crippen molar-refractivity contribution in [1.82, 2.24) is 15.3 Å². The summed E-state index contributed by atoms with van der Waals surface area (Å²) in [6.07, 6.45) is 9.28. The second kappa shape index (κ2) is 7.38. The topological polar surface area (TPSA) is 58.0 Å². The summed E-state index contributed by atoms with van der Waals surface area (Å²) in [7, 11) is 0. The van der Waals surface area contributed by atoms with E-state index in [0.29, 0.717) is 6.04 Å². The molecule has 0 spiro atoms. The lowest BCUT2D eigenvalue weighted by atomic mass is 9.91. The fourth-order valence-electron chi connectivity index (χ4n) is 2.28. The lowest BCUT2D eigenvalue weighted by Gasteiger charge is -2.32. The van der Waals surface area contributed by atoms with Crippen LogP contribution in [-0.2, 0) is 0 Å². The molecule has 1 aliphatic rings. The molecule has 2 N–H and O–H groups in total. The number of aryl methyl sites for hydroxylation is 1. The summed E-state index contributed by atoms with van der Waals surface area (Å²) in [5.41, 5.74) is 1.00. The summed E-state index contributed by atoms with van der Waals surface area (Å²) in [5, 5.41) is 14.2. The van der Waals surface area contributed by atoms with Crippen LogP contribution in [0, 0.1) is 6.92 Å². The Morgan fingerprint density at radius 1 is 1.40 bits per heavy atom. The maximum atomic E-state index is 9.71. The molecule has 0 aliphatic heterocycles. The Bertz CT molecular complexity index is 402. The first-order chi connectivity index (χ1) is 9.67.